The minimum atomic E-state index is 0.0832. The Morgan fingerprint density at radius 2 is 1.75 bits per heavy atom. The van der Waals surface area contributed by atoms with Gasteiger partial charge in [-0.1, -0.05) is 48.0 Å². The molecule has 2 aromatic carbocycles. The maximum atomic E-state index is 6.37. The second kappa shape index (κ2) is 5.31. The number of halogens is 1. The molecule has 0 saturated heterocycles. The van der Waals surface area contributed by atoms with Crippen molar-refractivity contribution in [3.8, 4) is 0 Å². The average Bonchev–Trinajstić information content (AvgIpc) is 2.78. The molecule has 3 rings (SSSR count). The lowest BCUT2D eigenvalue weighted by Gasteiger charge is -2.19. The number of aromatic nitrogens is 1. The monoisotopic (exact) mass is 284 g/mol. The fraction of sp³-hybridized carbons (Fsp3) is 0.176. The van der Waals surface area contributed by atoms with Crippen LogP contribution in [0.3, 0.4) is 0 Å². The number of aromatic amines is 1. The highest BCUT2D eigenvalue weighted by molar-refractivity contribution is 6.31. The number of H-pyrrole nitrogens is 1. The molecular formula is C17H17ClN2. The minimum absolute atomic E-state index is 0.0832. The Kier molecular flexibility index (Phi) is 3.51. The normalized spacial score (nSPS) is 12.8. The molecule has 0 bridgehead atoms. The Hall–Kier alpha value is -1.77. The number of hydrogen-bond acceptors (Lipinski definition) is 1. The van der Waals surface area contributed by atoms with Crippen molar-refractivity contribution < 1.29 is 0 Å². The van der Waals surface area contributed by atoms with Crippen molar-refractivity contribution in [3.05, 3.63) is 70.4 Å². The highest BCUT2D eigenvalue weighted by Crippen LogP contribution is 2.34. The standard InChI is InChI=1S/C17H17ClN2/c1-11-16(13-8-4-6-10-15(13)20-11)17(19-2)12-7-3-5-9-14(12)18/h3-10,17,19-20H,1-2H3. The topological polar surface area (TPSA) is 27.8 Å². The van der Waals surface area contributed by atoms with Gasteiger partial charge in [-0.15, -0.1) is 0 Å². The number of nitrogens with one attached hydrogen (secondary N) is 2. The quantitative estimate of drug-likeness (QED) is 0.731. The fourth-order valence-corrected chi connectivity index (χ4v) is 3.08. The van der Waals surface area contributed by atoms with Crippen LogP contribution in [0.25, 0.3) is 10.9 Å². The maximum absolute atomic E-state index is 6.37. The maximum Gasteiger partial charge on any atom is 0.0612 e. The summed E-state index contributed by atoms with van der Waals surface area (Å²) in [5.74, 6) is 0. The SMILES string of the molecule is CNC(c1ccccc1Cl)c1c(C)[nH]c2ccccc12. The first-order chi connectivity index (χ1) is 9.72. The Morgan fingerprint density at radius 3 is 2.50 bits per heavy atom. The summed E-state index contributed by atoms with van der Waals surface area (Å²) in [6.07, 6.45) is 0. The molecule has 0 amide bonds. The molecule has 3 aromatic rings. The molecule has 0 saturated carbocycles. The lowest BCUT2D eigenvalue weighted by molar-refractivity contribution is 0.692. The van der Waals surface area contributed by atoms with E-state index in [-0.39, 0.29) is 6.04 Å². The molecular weight excluding hydrogens is 268 g/mol. The first kappa shape index (κ1) is 13.2. The number of hydrogen-bond donors (Lipinski definition) is 2. The van der Waals surface area contributed by atoms with E-state index in [1.807, 2.05) is 31.3 Å². The fourth-order valence-electron chi connectivity index (χ4n) is 2.83. The van der Waals surface area contributed by atoms with Gasteiger partial charge in [0.1, 0.15) is 0 Å². The molecule has 102 valence electrons. The van der Waals surface area contributed by atoms with Crippen LogP contribution in [0.4, 0.5) is 0 Å². The van der Waals surface area contributed by atoms with Crippen LogP contribution in [0, 0.1) is 6.92 Å². The zero-order valence-electron chi connectivity index (χ0n) is 11.6. The average molecular weight is 285 g/mol. The molecule has 2 nitrogen and oxygen atoms in total. The molecule has 1 heterocycles. The lowest BCUT2D eigenvalue weighted by Crippen LogP contribution is -2.18. The van der Waals surface area contributed by atoms with Crippen LogP contribution in [0.5, 0.6) is 0 Å². The molecule has 3 heteroatoms. The van der Waals surface area contributed by atoms with E-state index in [4.69, 9.17) is 11.6 Å². The smallest absolute Gasteiger partial charge is 0.0612 e. The number of fused-ring (bicyclic) bond motifs is 1. The second-order valence-corrected chi connectivity index (χ2v) is 5.36. The zero-order valence-corrected chi connectivity index (χ0v) is 12.3. The Labute approximate surface area is 123 Å². The molecule has 0 aliphatic heterocycles. The molecule has 0 aliphatic carbocycles. The molecule has 1 aromatic heterocycles. The molecule has 20 heavy (non-hydrogen) atoms. The van der Waals surface area contributed by atoms with Gasteiger partial charge in [0.15, 0.2) is 0 Å². The predicted molar refractivity (Wildman–Crippen MR) is 85.4 cm³/mol. The summed E-state index contributed by atoms with van der Waals surface area (Å²) in [5.41, 5.74) is 4.69. The largest absolute Gasteiger partial charge is 0.358 e. The first-order valence-electron chi connectivity index (χ1n) is 6.71. The van der Waals surface area contributed by atoms with Gasteiger partial charge in [0.25, 0.3) is 0 Å². The minimum Gasteiger partial charge on any atom is -0.358 e. The summed E-state index contributed by atoms with van der Waals surface area (Å²) in [6.45, 7) is 2.11. The molecule has 1 unspecified atom stereocenters. The van der Waals surface area contributed by atoms with Gasteiger partial charge in [0.2, 0.25) is 0 Å². The van der Waals surface area contributed by atoms with Gasteiger partial charge in [-0.05, 0) is 31.7 Å². The second-order valence-electron chi connectivity index (χ2n) is 4.95. The molecule has 0 radical (unpaired) electrons. The van der Waals surface area contributed by atoms with E-state index in [9.17, 15) is 0 Å². The van der Waals surface area contributed by atoms with Crippen molar-refractivity contribution >= 4 is 22.5 Å². The van der Waals surface area contributed by atoms with Crippen LogP contribution in [-0.2, 0) is 0 Å². The Morgan fingerprint density at radius 1 is 1.05 bits per heavy atom. The molecule has 0 aliphatic rings. The van der Waals surface area contributed by atoms with Crippen LogP contribution >= 0.6 is 11.6 Å². The van der Waals surface area contributed by atoms with Gasteiger partial charge in [0, 0.05) is 27.2 Å². The van der Waals surface area contributed by atoms with E-state index < -0.39 is 0 Å². The summed E-state index contributed by atoms with van der Waals surface area (Å²) >= 11 is 6.37. The number of aryl methyl sites for hydroxylation is 1. The van der Waals surface area contributed by atoms with Crippen LogP contribution in [0.2, 0.25) is 5.02 Å². The molecule has 0 spiro atoms. The third kappa shape index (κ3) is 2.11. The number of benzene rings is 2. The van der Waals surface area contributed by atoms with Crippen molar-refractivity contribution in [2.45, 2.75) is 13.0 Å². The summed E-state index contributed by atoms with van der Waals surface area (Å²) in [5, 5.41) is 5.42. The summed E-state index contributed by atoms with van der Waals surface area (Å²) in [4.78, 5) is 3.45. The van der Waals surface area contributed by atoms with Crippen LogP contribution in [-0.4, -0.2) is 12.0 Å². The molecule has 1 atom stereocenters. The highest BCUT2D eigenvalue weighted by Gasteiger charge is 2.20. The zero-order chi connectivity index (χ0) is 14.1. The third-order valence-electron chi connectivity index (χ3n) is 3.74. The highest BCUT2D eigenvalue weighted by atomic mass is 35.5. The van der Waals surface area contributed by atoms with Crippen LogP contribution in [0.1, 0.15) is 22.9 Å². The summed E-state index contributed by atoms with van der Waals surface area (Å²) in [7, 11) is 1.97. The number of para-hydroxylation sites is 1. The Bertz CT molecular complexity index is 746. The van der Waals surface area contributed by atoms with Gasteiger partial charge in [0.05, 0.1) is 6.04 Å². The van der Waals surface area contributed by atoms with E-state index in [2.05, 4.69) is 41.5 Å². The van der Waals surface area contributed by atoms with Crippen molar-refractivity contribution in [3.63, 3.8) is 0 Å². The first-order valence-corrected chi connectivity index (χ1v) is 7.09. The van der Waals surface area contributed by atoms with Crippen molar-refractivity contribution in [2.75, 3.05) is 7.05 Å². The predicted octanol–water partition coefficient (Wildman–Crippen LogP) is 4.44. The molecule has 0 fully saturated rings. The van der Waals surface area contributed by atoms with Gasteiger partial charge in [-0.2, -0.15) is 0 Å². The lowest BCUT2D eigenvalue weighted by atomic mass is 9.96. The molecule has 2 N–H and O–H groups in total. The van der Waals surface area contributed by atoms with Crippen LogP contribution in [0.15, 0.2) is 48.5 Å². The van der Waals surface area contributed by atoms with Crippen molar-refractivity contribution in [1.29, 1.82) is 0 Å². The van der Waals surface area contributed by atoms with E-state index in [1.54, 1.807) is 0 Å². The third-order valence-corrected chi connectivity index (χ3v) is 4.08. The van der Waals surface area contributed by atoms with E-state index >= 15 is 0 Å². The number of rotatable bonds is 3. The Balaban J connectivity index is 2.22. The van der Waals surface area contributed by atoms with Gasteiger partial charge >= 0.3 is 0 Å². The van der Waals surface area contributed by atoms with Gasteiger partial charge < -0.3 is 10.3 Å². The summed E-state index contributed by atoms with van der Waals surface area (Å²) in [6, 6.07) is 16.4. The van der Waals surface area contributed by atoms with Crippen LogP contribution < -0.4 is 5.32 Å². The van der Waals surface area contributed by atoms with Crippen molar-refractivity contribution in [1.82, 2.24) is 10.3 Å². The van der Waals surface area contributed by atoms with Gasteiger partial charge in [-0.3, -0.25) is 0 Å². The van der Waals surface area contributed by atoms with Gasteiger partial charge in [-0.25, -0.2) is 0 Å². The summed E-state index contributed by atoms with van der Waals surface area (Å²) < 4.78 is 0. The van der Waals surface area contributed by atoms with E-state index in [1.165, 1.54) is 16.6 Å². The van der Waals surface area contributed by atoms with Crippen molar-refractivity contribution in [2.24, 2.45) is 0 Å². The van der Waals surface area contributed by atoms with E-state index in [0.717, 1.165) is 16.1 Å². The van der Waals surface area contributed by atoms with E-state index in [0.29, 0.717) is 0 Å².